The SMILES string of the molecule is CNC(CC(C)(C)C(=O)O)c1sccc1C. The van der Waals surface area contributed by atoms with E-state index >= 15 is 0 Å². The topological polar surface area (TPSA) is 49.3 Å². The first-order valence-electron chi connectivity index (χ1n) is 5.33. The summed E-state index contributed by atoms with van der Waals surface area (Å²) in [5.41, 5.74) is 0.523. The molecule has 0 aliphatic heterocycles. The van der Waals surface area contributed by atoms with Gasteiger partial charge in [0.25, 0.3) is 0 Å². The summed E-state index contributed by atoms with van der Waals surface area (Å²) >= 11 is 1.68. The molecule has 4 heteroatoms. The first kappa shape index (κ1) is 13.2. The highest BCUT2D eigenvalue weighted by molar-refractivity contribution is 7.10. The Morgan fingerprint density at radius 2 is 2.25 bits per heavy atom. The van der Waals surface area contributed by atoms with Crippen molar-refractivity contribution >= 4 is 17.3 Å². The molecule has 1 unspecified atom stereocenters. The molecular weight excluding hydrogens is 222 g/mol. The maximum absolute atomic E-state index is 11.1. The predicted molar refractivity (Wildman–Crippen MR) is 66.9 cm³/mol. The molecule has 90 valence electrons. The monoisotopic (exact) mass is 241 g/mol. The molecule has 0 aromatic carbocycles. The highest BCUT2D eigenvalue weighted by Gasteiger charge is 2.31. The average molecular weight is 241 g/mol. The Bertz CT molecular complexity index is 371. The molecule has 2 N–H and O–H groups in total. The molecule has 0 aliphatic rings. The van der Waals surface area contributed by atoms with E-state index in [1.807, 2.05) is 12.4 Å². The Kier molecular flexibility index (Phi) is 4.10. The van der Waals surface area contributed by atoms with Crippen LogP contribution >= 0.6 is 11.3 Å². The fraction of sp³-hybridized carbons (Fsp3) is 0.583. The van der Waals surface area contributed by atoms with Gasteiger partial charge in [-0.3, -0.25) is 4.79 Å². The molecule has 1 aromatic heterocycles. The number of thiophene rings is 1. The zero-order valence-electron chi connectivity index (χ0n) is 10.2. The van der Waals surface area contributed by atoms with Crippen molar-refractivity contribution < 1.29 is 9.90 Å². The standard InChI is InChI=1S/C12H19NO2S/c1-8-5-6-16-10(8)9(13-4)7-12(2,3)11(14)15/h5-6,9,13H,7H2,1-4H3,(H,14,15). The fourth-order valence-electron chi connectivity index (χ4n) is 1.66. The molecule has 1 rings (SSSR count). The Morgan fingerprint density at radius 3 is 2.62 bits per heavy atom. The van der Waals surface area contributed by atoms with Gasteiger partial charge in [0.15, 0.2) is 0 Å². The van der Waals surface area contributed by atoms with E-state index in [1.165, 1.54) is 10.4 Å². The Morgan fingerprint density at radius 1 is 1.62 bits per heavy atom. The summed E-state index contributed by atoms with van der Waals surface area (Å²) in [6.45, 7) is 5.59. The number of hydrogen-bond acceptors (Lipinski definition) is 3. The van der Waals surface area contributed by atoms with E-state index in [1.54, 1.807) is 25.2 Å². The summed E-state index contributed by atoms with van der Waals surface area (Å²) in [7, 11) is 1.88. The van der Waals surface area contributed by atoms with Gasteiger partial charge in [-0.05, 0) is 51.2 Å². The van der Waals surface area contributed by atoms with Crippen LogP contribution in [0.1, 0.15) is 36.8 Å². The first-order valence-corrected chi connectivity index (χ1v) is 6.21. The number of carbonyl (C=O) groups is 1. The van der Waals surface area contributed by atoms with Crippen molar-refractivity contribution in [3.63, 3.8) is 0 Å². The van der Waals surface area contributed by atoms with Crippen LogP contribution in [0.15, 0.2) is 11.4 Å². The number of aliphatic carboxylic acids is 1. The van der Waals surface area contributed by atoms with E-state index in [4.69, 9.17) is 5.11 Å². The fourth-order valence-corrected chi connectivity index (χ4v) is 2.70. The van der Waals surface area contributed by atoms with Gasteiger partial charge in [-0.1, -0.05) is 0 Å². The minimum atomic E-state index is -0.748. The second-order valence-electron chi connectivity index (χ2n) is 4.70. The number of carboxylic acids is 1. The predicted octanol–water partition coefficient (Wildman–Crippen LogP) is 2.82. The summed E-state index contributed by atoms with van der Waals surface area (Å²) in [6, 6.07) is 2.18. The highest BCUT2D eigenvalue weighted by Crippen LogP contribution is 2.33. The van der Waals surface area contributed by atoms with Gasteiger partial charge in [-0.25, -0.2) is 0 Å². The molecule has 0 aliphatic carbocycles. The van der Waals surface area contributed by atoms with Crippen LogP contribution in [0, 0.1) is 12.3 Å². The second-order valence-corrected chi connectivity index (χ2v) is 5.65. The number of carboxylic acid groups (broad SMARTS) is 1. The summed E-state index contributed by atoms with van der Waals surface area (Å²) in [4.78, 5) is 12.3. The molecule has 0 radical (unpaired) electrons. The van der Waals surface area contributed by atoms with Crippen LogP contribution in [0.5, 0.6) is 0 Å². The van der Waals surface area contributed by atoms with Gasteiger partial charge in [-0.15, -0.1) is 11.3 Å². The quantitative estimate of drug-likeness (QED) is 0.833. The molecule has 1 atom stereocenters. The molecule has 0 saturated carbocycles. The van der Waals surface area contributed by atoms with Crippen LogP contribution in [-0.2, 0) is 4.79 Å². The molecule has 0 amide bonds. The van der Waals surface area contributed by atoms with Gasteiger partial charge >= 0.3 is 5.97 Å². The minimum absolute atomic E-state index is 0.117. The van der Waals surface area contributed by atoms with E-state index in [2.05, 4.69) is 18.3 Å². The minimum Gasteiger partial charge on any atom is -0.481 e. The van der Waals surface area contributed by atoms with Crippen LogP contribution in [0.25, 0.3) is 0 Å². The van der Waals surface area contributed by atoms with Crippen LogP contribution in [0.3, 0.4) is 0 Å². The van der Waals surface area contributed by atoms with E-state index in [0.717, 1.165) is 0 Å². The number of nitrogens with one attached hydrogen (secondary N) is 1. The van der Waals surface area contributed by atoms with E-state index in [0.29, 0.717) is 6.42 Å². The third-order valence-electron chi connectivity index (χ3n) is 2.86. The second kappa shape index (κ2) is 4.97. The molecule has 1 heterocycles. The molecule has 16 heavy (non-hydrogen) atoms. The van der Waals surface area contributed by atoms with Crippen molar-refractivity contribution in [1.29, 1.82) is 0 Å². The highest BCUT2D eigenvalue weighted by atomic mass is 32.1. The van der Waals surface area contributed by atoms with E-state index in [9.17, 15) is 4.79 Å². The van der Waals surface area contributed by atoms with Crippen molar-refractivity contribution in [3.05, 3.63) is 21.9 Å². The zero-order chi connectivity index (χ0) is 12.3. The van der Waals surface area contributed by atoms with E-state index < -0.39 is 11.4 Å². The molecule has 0 bridgehead atoms. The molecule has 0 spiro atoms. The summed E-state index contributed by atoms with van der Waals surface area (Å²) < 4.78 is 0. The lowest BCUT2D eigenvalue weighted by molar-refractivity contribution is -0.147. The van der Waals surface area contributed by atoms with Crippen molar-refractivity contribution in [2.24, 2.45) is 5.41 Å². The Balaban J connectivity index is 2.85. The van der Waals surface area contributed by atoms with Gasteiger partial charge < -0.3 is 10.4 Å². The van der Waals surface area contributed by atoms with Gasteiger partial charge in [0.2, 0.25) is 0 Å². The molecule has 3 nitrogen and oxygen atoms in total. The lowest BCUT2D eigenvalue weighted by Gasteiger charge is -2.25. The van der Waals surface area contributed by atoms with Crippen LogP contribution < -0.4 is 5.32 Å². The lowest BCUT2D eigenvalue weighted by Crippen LogP contribution is -2.30. The summed E-state index contributed by atoms with van der Waals surface area (Å²) in [5.74, 6) is -0.748. The third kappa shape index (κ3) is 2.83. The van der Waals surface area contributed by atoms with Gasteiger partial charge in [-0.2, -0.15) is 0 Å². The van der Waals surface area contributed by atoms with Crippen molar-refractivity contribution in [2.45, 2.75) is 33.2 Å². The van der Waals surface area contributed by atoms with Crippen LogP contribution in [0.4, 0.5) is 0 Å². The van der Waals surface area contributed by atoms with Gasteiger partial charge in [0.05, 0.1) is 5.41 Å². The van der Waals surface area contributed by atoms with Crippen LogP contribution in [-0.4, -0.2) is 18.1 Å². The van der Waals surface area contributed by atoms with Crippen LogP contribution in [0.2, 0.25) is 0 Å². The molecule has 1 aromatic rings. The third-order valence-corrected chi connectivity index (χ3v) is 3.99. The molecule has 0 saturated heterocycles. The van der Waals surface area contributed by atoms with Crippen molar-refractivity contribution in [3.8, 4) is 0 Å². The maximum Gasteiger partial charge on any atom is 0.309 e. The lowest BCUT2D eigenvalue weighted by atomic mass is 9.85. The van der Waals surface area contributed by atoms with E-state index in [-0.39, 0.29) is 6.04 Å². The number of aryl methyl sites for hydroxylation is 1. The molecular formula is C12H19NO2S. The number of rotatable bonds is 5. The van der Waals surface area contributed by atoms with Gasteiger partial charge in [0, 0.05) is 10.9 Å². The normalized spacial score (nSPS) is 13.8. The summed E-state index contributed by atoms with van der Waals surface area (Å²) in [6.07, 6.45) is 0.597. The zero-order valence-corrected chi connectivity index (χ0v) is 11.0. The molecule has 0 fully saturated rings. The number of hydrogen-bond donors (Lipinski definition) is 2. The average Bonchev–Trinajstić information content (AvgIpc) is 2.60. The van der Waals surface area contributed by atoms with Crippen molar-refractivity contribution in [2.75, 3.05) is 7.05 Å². The largest absolute Gasteiger partial charge is 0.481 e. The Labute approximate surface area is 100 Å². The maximum atomic E-state index is 11.1. The first-order chi connectivity index (χ1) is 7.38. The van der Waals surface area contributed by atoms with Gasteiger partial charge in [0.1, 0.15) is 0 Å². The smallest absolute Gasteiger partial charge is 0.309 e. The summed E-state index contributed by atoms with van der Waals surface area (Å²) in [5, 5.41) is 14.4. The Hall–Kier alpha value is -0.870. The van der Waals surface area contributed by atoms with Crippen molar-refractivity contribution in [1.82, 2.24) is 5.32 Å².